The van der Waals surface area contributed by atoms with E-state index >= 15 is 0 Å². The number of thiophene rings is 1. The average molecular weight is 284 g/mol. The molecule has 2 heterocycles. The summed E-state index contributed by atoms with van der Waals surface area (Å²) in [5, 5.41) is 3.45. The van der Waals surface area contributed by atoms with Crippen molar-refractivity contribution in [2.24, 2.45) is 0 Å². The highest BCUT2D eigenvalue weighted by Gasteiger charge is 2.19. The topological polar surface area (TPSA) is 25.2 Å². The molecule has 2 aromatic heterocycles. The highest BCUT2D eigenvalue weighted by atomic mass is 35.5. The first-order chi connectivity index (χ1) is 8.65. The first kappa shape index (κ1) is 13.7. The minimum Gasteiger partial charge on any atom is -0.464 e. The molecule has 0 aliphatic rings. The summed E-state index contributed by atoms with van der Waals surface area (Å²) < 4.78 is 6.71. The maximum atomic E-state index is 6.15. The van der Waals surface area contributed by atoms with Crippen LogP contribution in [0.1, 0.15) is 41.9 Å². The molecule has 0 amide bonds. The second-order valence-electron chi connectivity index (χ2n) is 4.25. The molecule has 1 N–H and O–H groups in total. The van der Waals surface area contributed by atoms with Gasteiger partial charge in [0.25, 0.3) is 0 Å². The van der Waals surface area contributed by atoms with E-state index in [1.165, 1.54) is 4.88 Å². The third-order valence-electron chi connectivity index (χ3n) is 2.88. The fourth-order valence-electron chi connectivity index (χ4n) is 1.91. The van der Waals surface area contributed by atoms with Crippen LogP contribution in [-0.2, 0) is 6.42 Å². The minimum absolute atomic E-state index is 0.103. The normalized spacial score (nSPS) is 12.9. The number of hydrogen-bond acceptors (Lipinski definition) is 3. The third kappa shape index (κ3) is 2.79. The Kier molecular flexibility index (Phi) is 4.49. The number of furan rings is 1. The lowest BCUT2D eigenvalue weighted by Crippen LogP contribution is -2.20. The van der Waals surface area contributed by atoms with Crippen LogP contribution < -0.4 is 5.32 Å². The van der Waals surface area contributed by atoms with E-state index in [1.54, 1.807) is 11.3 Å². The van der Waals surface area contributed by atoms with Gasteiger partial charge < -0.3 is 9.73 Å². The Labute approximate surface area is 117 Å². The van der Waals surface area contributed by atoms with Crippen LogP contribution in [-0.4, -0.2) is 6.54 Å². The van der Waals surface area contributed by atoms with Gasteiger partial charge in [0.15, 0.2) is 0 Å². The van der Waals surface area contributed by atoms with E-state index < -0.39 is 0 Å². The number of nitrogens with one attached hydrogen (secondary N) is 1. The Morgan fingerprint density at radius 3 is 2.67 bits per heavy atom. The van der Waals surface area contributed by atoms with Crippen molar-refractivity contribution in [3.63, 3.8) is 0 Å². The Morgan fingerprint density at radius 1 is 1.39 bits per heavy atom. The van der Waals surface area contributed by atoms with Crippen LogP contribution in [0.4, 0.5) is 0 Å². The first-order valence-electron chi connectivity index (χ1n) is 6.23. The molecule has 98 valence electrons. The van der Waals surface area contributed by atoms with E-state index in [9.17, 15) is 0 Å². The van der Waals surface area contributed by atoms with Crippen molar-refractivity contribution in [3.8, 4) is 0 Å². The summed E-state index contributed by atoms with van der Waals surface area (Å²) in [6, 6.07) is 6.33. The fourth-order valence-corrected chi connectivity index (χ4v) is 3.21. The van der Waals surface area contributed by atoms with Gasteiger partial charge in [-0.1, -0.05) is 25.4 Å². The van der Waals surface area contributed by atoms with Gasteiger partial charge in [-0.3, -0.25) is 0 Å². The predicted molar refractivity (Wildman–Crippen MR) is 77.7 cm³/mol. The summed E-state index contributed by atoms with van der Waals surface area (Å²) in [4.78, 5) is 1.20. The molecule has 0 aliphatic heterocycles. The molecule has 2 rings (SSSR count). The van der Waals surface area contributed by atoms with Crippen molar-refractivity contribution >= 4 is 22.9 Å². The quantitative estimate of drug-likeness (QED) is 0.870. The van der Waals surface area contributed by atoms with Crippen LogP contribution in [0.25, 0.3) is 0 Å². The number of halogens is 1. The smallest absolute Gasteiger partial charge is 0.126 e. The van der Waals surface area contributed by atoms with Gasteiger partial charge in [0.1, 0.15) is 17.6 Å². The molecule has 2 aromatic rings. The molecule has 0 saturated heterocycles. The summed E-state index contributed by atoms with van der Waals surface area (Å²) in [5.41, 5.74) is 1.13. The molecular formula is C14H18ClNOS. The van der Waals surface area contributed by atoms with Gasteiger partial charge >= 0.3 is 0 Å². The molecule has 0 spiro atoms. The molecule has 1 atom stereocenters. The highest BCUT2D eigenvalue weighted by Crippen LogP contribution is 2.34. The van der Waals surface area contributed by atoms with Crippen LogP contribution in [0, 0.1) is 6.92 Å². The molecule has 0 saturated carbocycles. The predicted octanol–water partition coefficient (Wildman–Crippen LogP) is 4.56. The lowest BCUT2D eigenvalue weighted by atomic mass is 10.1. The maximum Gasteiger partial charge on any atom is 0.126 e. The zero-order chi connectivity index (χ0) is 13.1. The summed E-state index contributed by atoms with van der Waals surface area (Å²) in [5.74, 6) is 1.99. The minimum atomic E-state index is 0.103. The lowest BCUT2D eigenvalue weighted by Gasteiger charge is -2.13. The zero-order valence-corrected chi connectivity index (χ0v) is 12.5. The molecule has 4 heteroatoms. The van der Waals surface area contributed by atoms with Crippen LogP contribution in [0.3, 0.4) is 0 Å². The van der Waals surface area contributed by atoms with Gasteiger partial charge in [0, 0.05) is 11.3 Å². The Bertz CT molecular complexity index is 498. The van der Waals surface area contributed by atoms with Crippen molar-refractivity contribution in [1.82, 2.24) is 5.32 Å². The summed E-state index contributed by atoms with van der Waals surface area (Å²) in [6.45, 7) is 7.11. The Morgan fingerprint density at radius 2 is 2.17 bits per heavy atom. The van der Waals surface area contributed by atoms with E-state index in [0.717, 1.165) is 34.4 Å². The van der Waals surface area contributed by atoms with E-state index in [-0.39, 0.29) is 6.04 Å². The second kappa shape index (κ2) is 5.91. The zero-order valence-electron chi connectivity index (χ0n) is 10.9. The third-order valence-corrected chi connectivity index (χ3v) is 4.50. The van der Waals surface area contributed by atoms with Crippen LogP contribution in [0.5, 0.6) is 0 Å². The molecule has 0 bridgehead atoms. The van der Waals surface area contributed by atoms with Crippen molar-refractivity contribution in [2.75, 3.05) is 6.54 Å². The maximum absolute atomic E-state index is 6.15. The van der Waals surface area contributed by atoms with Crippen LogP contribution in [0.15, 0.2) is 22.6 Å². The lowest BCUT2D eigenvalue weighted by molar-refractivity contribution is 0.428. The largest absolute Gasteiger partial charge is 0.464 e. The van der Waals surface area contributed by atoms with Gasteiger partial charge in [-0.2, -0.15) is 0 Å². The van der Waals surface area contributed by atoms with E-state index in [2.05, 4.69) is 31.3 Å². The summed E-state index contributed by atoms with van der Waals surface area (Å²) >= 11 is 7.77. The van der Waals surface area contributed by atoms with E-state index in [4.69, 9.17) is 16.0 Å². The van der Waals surface area contributed by atoms with Gasteiger partial charge in [0.2, 0.25) is 0 Å². The highest BCUT2D eigenvalue weighted by molar-refractivity contribution is 7.16. The summed E-state index contributed by atoms with van der Waals surface area (Å²) in [7, 11) is 0. The molecule has 1 unspecified atom stereocenters. The standard InChI is InChI=1S/C14H18ClNOS/c1-4-10-6-7-11(17-10)13(16-5-2)12-8-9(3)14(15)18-12/h6-8,13,16H,4-5H2,1-3H3. The van der Waals surface area contributed by atoms with Gasteiger partial charge in [-0.05, 0) is 37.2 Å². The van der Waals surface area contributed by atoms with Crippen molar-refractivity contribution in [3.05, 3.63) is 44.5 Å². The van der Waals surface area contributed by atoms with Gasteiger partial charge in [-0.15, -0.1) is 11.3 Å². The second-order valence-corrected chi connectivity index (χ2v) is 5.94. The van der Waals surface area contributed by atoms with E-state index in [0.29, 0.717) is 0 Å². The van der Waals surface area contributed by atoms with Gasteiger partial charge in [-0.25, -0.2) is 0 Å². The Hall–Kier alpha value is -0.770. The van der Waals surface area contributed by atoms with Crippen LogP contribution in [0.2, 0.25) is 4.34 Å². The number of aryl methyl sites for hydroxylation is 2. The summed E-state index contributed by atoms with van der Waals surface area (Å²) in [6.07, 6.45) is 0.920. The molecule has 2 nitrogen and oxygen atoms in total. The fraction of sp³-hybridized carbons (Fsp3) is 0.429. The number of rotatable bonds is 5. The SMILES string of the molecule is CCNC(c1ccc(CC)o1)c1cc(C)c(Cl)s1. The molecule has 0 aromatic carbocycles. The van der Waals surface area contributed by atoms with Crippen molar-refractivity contribution in [2.45, 2.75) is 33.2 Å². The first-order valence-corrected chi connectivity index (χ1v) is 7.43. The van der Waals surface area contributed by atoms with E-state index in [1.807, 2.05) is 13.0 Å². The monoisotopic (exact) mass is 283 g/mol. The molecular weight excluding hydrogens is 266 g/mol. The average Bonchev–Trinajstić information content (AvgIpc) is 2.94. The molecule has 0 aliphatic carbocycles. The van der Waals surface area contributed by atoms with Crippen LogP contribution >= 0.6 is 22.9 Å². The Balaban J connectivity index is 2.32. The van der Waals surface area contributed by atoms with Crippen molar-refractivity contribution < 1.29 is 4.42 Å². The molecule has 18 heavy (non-hydrogen) atoms. The molecule has 0 radical (unpaired) electrons. The van der Waals surface area contributed by atoms with Gasteiger partial charge in [0.05, 0.1) is 4.34 Å². The number of hydrogen-bond donors (Lipinski definition) is 1. The molecule has 0 fully saturated rings. The van der Waals surface area contributed by atoms with Crippen molar-refractivity contribution in [1.29, 1.82) is 0 Å².